The summed E-state index contributed by atoms with van der Waals surface area (Å²) in [5.41, 5.74) is 1.22. The summed E-state index contributed by atoms with van der Waals surface area (Å²) in [6, 6.07) is 10.2. The molecule has 0 saturated carbocycles. The van der Waals surface area contributed by atoms with Crippen molar-refractivity contribution < 1.29 is 14.4 Å². The van der Waals surface area contributed by atoms with Crippen molar-refractivity contribution >= 4 is 5.91 Å². The first-order valence-corrected chi connectivity index (χ1v) is 13.4. The van der Waals surface area contributed by atoms with Crippen LogP contribution in [0.4, 0.5) is 0 Å². The van der Waals surface area contributed by atoms with Gasteiger partial charge < -0.3 is 19.8 Å². The van der Waals surface area contributed by atoms with Crippen molar-refractivity contribution in [1.82, 2.24) is 25.3 Å². The van der Waals surface area contributed by atoms with E-state index in [0.29, 0.717) is 35.2 Å². The summed E-state index contributed by atoms with van der Waals surface area (Å²) < 4.78 is 5.55. The number of aliphatic hydroxyl groups is 1. The molecule has 4 rings (SSSR count). The number of pyridine rings is 1. The van der Waals surface area contributed by atoms with Crippen LogP contribution in [0.5, 0.6) is 0 Å². The van der Waals surface area contributed by atoms with Crippen molar-refractivity contribution in [3.8, 4) is 11.4 Å². The zero-order valence-electron chi connectivity index (χ0n) is 23.9. The van der Waals surface area contributed by atoms with Crippen molar-refractivity contribution in [3.63, 3.8) is 0 Å². The molecule has 1 saturated heterocycles. The SMILES string of the molecule is CC(C)C(=O)NC(C)(C)Cc1nc(-c2cncc(C(O)(c3ccc(C(C)C)cc3)C3(C)CN(C)C3)c2)no1. The lowest BCUT2D eigenvalue weighted by Crippen LogP contribution is -2.63. The highest BCUT2D eigenvalue weighted by Gasteiger charge is 2.55. The Labute approximate surface area is 225 Å². The van der Waals surface area contributed by atoms with Gasteiger partial charge >= 0.3 is 0 Å². The Morgan fingerprint density at radius 1 is 1.13 bits per heavy atom. The van der Waals surface area contributed by atoms with E-state index in [9.17, 15) is 9.90 Å². The fourth-order valence-electron chi connectivity index (χ4n) is 5.45. The lowest BCUT2D eigenvalue weighted by molar-refractivity contribution is -0.127. The van der Waals surface area contributed by atoms with E-state index in [1.54, 1.807) is 12.4 Å². The maximum atomic E-state index is 12.5. The van der Waals surface area contributed by atoms with Gasteiger partial charge in [-0.1, -0.05) is 64.0 Å². The van der Waals surface area contributed by atoms with Crippen molar-refractivity contribution in [2.24, 2.45) is 11.3 Å². The standard InChI is InChI=1S/C30H41N5O3/c1-19(2)21-9-11-23(12-10-21)30(37,29(7)17-35(8)18-29)24-13-22(15-31-16-24)26-32-25(38-34-26)14-28(5,6)33-27(36)20(3)4/h9-13,15-16,19-20,37H,14,17-18H2,1-8H3,(H,33,36). The molecule has 0 radical (unpaired) electrons. The van der Waals surface area contributed by atoms with E-state index in [4.69, 9.17) is 4.52 Å². The number of amides is 1. The van der Waals surface area contributed by atoms with E-state index >= 15 is 0 Å². The van der Waals surface area contributed by atoms with Gasteiger partial charge in [0, 0.05) is 59.9 Å². The molecular weight excluding hydrogens is 478 g/mol. The molecule has 0 bridgehead atoms. The maximum Gasteiger partial charge on any atom is 0.229 e. The Morgan fingerprint density at radius 2 is 1.79 bits per heavy atom. The monoisotopic (exact) mass is 519 g/mol. The van der Waals surface area contributed by atoms with Gasteiger partial charge in [-0.05, 0) is 44.0 Å². The topological polar surface area (TPSA) is 104 Å². The highest BCUT2D eigenvalue weighted by Crippen LogP contribution is 2.50. The third-order valence-electron chi connectivity index (χ3n) is 7.57. The minimum atomic E-state index is -1.26. The molecule has 1 fully saturated rings. The number of benzene rings is 1. The molecule has 1 atom stereocenters. The normalized spacial score (nSPS) is 17.3. The molecule has 8 nitrogen and oxygen atoms in total. The summed E-state index contributed by atoms with van der Waals surface area (Å²) in [6.45, 7) is 15.5. The van der Waals surface area contributed by atoms with Crippen LogP contribution in [0.2, 0.25) is 0 Å². The molecule has 38 heavy (non-hydrogen) atoms. The van der Waals surface area contributed by atoms with E-state index in [-0.39, 0.29) is 11.8 Å². The zero-order chi connectivity index (χ0) is 27.9. The molecular formula is C30H41N5O3. The van der Waals surface area contributed by atoms with Crippen molar-refractivity contribution in [3.05, 3.63) is 65.3 Å². The molecule has 8 heteroatoms. The number of rotatable bonds is 9. The Morgan fingerprint density at radius 3 is 2.37 bits per heavy atom. The minimum Gasteiger partial charge on any atom is -0.380 e. The molecule has 1 aliphatic heterocycles. The van der Waals surface area contributed by atoms with Gasteiger partial charge in [-0.2, -0.15) is 4.98 Å². The second-order valence-corrected chi connectivity index (χ2v) is 12.4. The molecule has 0 spiro atoms. The summed E-state index contributed by atoms with van der Waals surface area (Å²) in [6.07, 6.45) is 3.80. The van der Waals surface area contributed by atoms with Gasteiger partial charge in [0.05, 0.1) is 0 Å². The third kappa shape index (κ3) is 5.38. The minimum absolute atomic E-state index is 0.0255. The molecule has 204 valence electrons. The summed E-state index contributed by atoms with van der Waals surface area (Å²) in [4.78, 5) is 23.5. The summed E-state index contributed by atoms with van der Waals surface area (Å²) in [5.74, 6) is 1.09. The van der Waals surface area contributed by atoms with E-state index in [1.165, 1.54) is 5.56 Å². The highest BCUT2D eigenvalue weighted by atomic mass is 16.5. The van der Waals surface area contributed by atoms with Gasteiger partial charge in [-0.25, -0.2) is 0 Å². The van der Waals surface area contributed by atoms with Gasteiger partial charge in [0.2, 0.25) is 17.6 Å². The summed E-state index contributed by atoms with van der Waals surface area (Å²) in [7, 11) is 2.06. The number of hydrogen-bond acceptors (Lipinski definition) is 7. The van der Waals surface area contributed by atoms with Gasteiger partial charge in [0.25, 0.3) is 0 Å². The average molecular weight is 520 g/mol. The lowest BCUT2D eigenvalue weighted by Gasteiger charge is -2.55. The molecule has 1 aliphatic rings. The van der Waals surface area contributed by atoms with Crippen molar-refractivity contribution in [2.45, 2.75) is 71.9 Å². The van der Waals surface area contributed by atoms with Crippen LogP contribution in [0.3, 0.4) is 0 Å². The third-order valence-corrected chi connectivity index (χ3v) is 7.57. The summed E-state index contributed by atoms with van der Waals surface area (Å²) in [5, 5.41) is 19.7. The second-order valence-electron chi connectivity index (χ2n) is 12.4. The molecule has 1 unspecified atom stereocenters. The van der Waals surface area contributed by atoms with Crippen LogP contribution in [0, 0.1) is 11.3 Å². The highest BCUT2D eigenvalue weighted by molar-refractivity contribution is 5.78. The Hall–Kier alpha value is -3.10. The van der Waals surface area contributed by atoms with Crippen LogP contribution in [0.25, 0.3) is 11.4 Å². The van der Waals surface area contributed by atoms with Gasteiger partial charge in [-0.3, -0.25) is 9.78 Å². The molecule has 2 aromatic heterocycles. The van der Waals surface area contributed by atoms with Crippen molar-refractivity contribution in [2.75, 3.05) is 20.1 Å². The number of likely N-dealkylation sites (tertiary alicyclic amines) is 1. The van der Waals surface area contributed by atoms with Crippen LogP contribution in [0.1, 0.15) is 77.0 Å². The van der Waals surface area contributed by atoms with Gasteiger partial charge in [0.1, 0.15) is 5.60 Å². The van der Waals surface area contributed by atoms with Crippen LogP contribution in [0.15, 0.2) is 47.2 Å². The molecule has 0 aliphatic carbocycles. The lowest BCUT2D eigenvalue weighted by atomic mass is 9.62. The Kier molecular flexibility index (Phi) is 7.51. The molecule has 3 heterocycles. The predicted molar refractivity (Wildman–Crippen MR) is 147 cm³/mol. The molecule has 2 N–H and O–H groups in total. The van der Waals surface area contributed by atoms with E-state index in [2.05, 4.69) is 65.3 Å². The first kappa shape index (κ1) is 27.9. The van der Waals surface area contributed by atoms with Crippen LogP contribution < -0.4 is 5.32 Å². The Balaban J connectivity index is 1.66. The summed E-state index contributed by atoms with van der Waals surface area (Å²) >= 11 is 0. The zero-order valence-corrected chi connectivity index (χ0v) is 23.9. The second kappa shape index (κ2) is 10.2. The Bertz CT molecular complexity index is 1280. The average Bonchev–Trinajstić information content (AvgIpc) is 3.30. The van der Waals surface area contributed by atoms with Crippen LogP contribution >= 0.6 is 0 Å². The number of aromatic nitrogens is 3. The maximum absolute atomic E-state index is 12.5. The molecule has 1 aromatic carbocycles. The number of nitrogens with one attached hydrogen (secondary N) is 1. The number of hydrogen-bond donors (Lipinski definition) is 2. The first-order valence-electron chi connectivity index (χ1n) is 13.4. The smallest absolute Gasteiger partial charge is 0.229 e. The van der Waals surface area contributed by atoms with Crippen LogP contribution in [-0.4, -0.2) is 56.7 Å². The quantitative estimate of drug-likeness (QED) is 0.428. The fourth-order valence-corrected chi connectivity index (χ4v) is 5.45. The molecule has 3 aromatic rings. The molecule has 1 amide bonds. The van der Waals surface area contributed by atoms with E-state index < -0.39 is 16.6 Å². The first-order chi connectivity index (χ1) is 17.7. The largest absolute Gasteiger partial charge is 0.380 e. The fraction of sp³-hybridized carbons (Fsp3) is 0.533. The van der Waals surface area contributed by atoms with Gasteiger partial charge in [-0.15, -0.1) is 0 Å². The van der Waals surface area contributed by atoms with Crippen molar-refractivity contribution in [1.29, 1.82) is 0 Å². The van der Waals surface area contributed by atoms with Crippen LogP contribution in [-0.2, 0) is 16.8 Å². The predicted octanol–water partition coefficient (Wildman–Crippen LogP) is 4.54. The van der Waals surface area contributed by atoms with E-state index in [1.807, 2.05) is 45.9 Å². The van der Waals surface area contributed by atoms with Gasteiger partial charge in [0.15, 0.2) is 0 Å². The van der Waals surface area contributed by atoms with E-state index in [0.717, 1.165) is 18.7 Å². The number of carbonyl (C=O) groups is 1. The number of carbonyl (C=O) groups excluding carboxylic acids is 1. The number of nitrogens with zero attached hydrogens (tertiary/aromatic N) is 4.